The fourth-order valence-electron chi connectivity index (χ4n) is 1.76. The Morgan fingerprint density at radius 1 is 1.18 bits per heavy atom. The molecule has 3 aromatic rings. The molecule has 0 aliphatic rings. The van der Waals surface area contributed by atoms with Crippen LogP contribution in [-0.2, 0) is 6.42 Å². The standard InChI is InChI=1S/C14H13N5OS2/c20-13(16-8-6-10-4-1-2-7-15-10)17-14-19-18-12(22-14)11-5-3-9-21-11/h1-5,7,9H,6,8H2,(H2,16,17,19,20). The maximum atomic E-state index is 11.8. The molecule has 2 amide bonds. The minimum atomic E-state index is -0.287. The Labute approximate surface area is 135 Å². The van der Waals surface area contributed by atoms with Gasteiger partial charge in [0.2, 0.25) is 5.13 Å². The van der Waals surface area contributed by atoms with Gasteiger partial charge < -0.3 is 5.32 Å². The highest BCUT2D eigenvalue weighted by Gasteiger charge is 2.09. The Morgan fingerprint density at radius 3 is 2.91 bits per heavy atom. The van der Waals surface area contributed by atoms with Crippen molar-refractivity contribution >= 4 is 33.8 Å². The summed E-state index contributed by atoms with van der Waals surface area (Å²) in [6.45, 7) is 0.513. The van der Waals surface area contributed by atoms with Crippen molar-refractivity contribution in [2.45, 2.75) is 6.42 Å². The van der Waals surface area contributed by atoms with E-state index >= 15 is 0 Å². The Balaban J connectivity index is 1.48. The van der Waals surface area contributed by atoms with Crippen LogP contribution in [0.15, 0.2) is 41.9 Å². The van der Waals surface area contributed by atoms with Crippen molar-refractivity contribution in [1.29, 1.82) is 0 Å². The van der Waals surface area contributed by atoms with Gasteiger partial charge in [-0.25, -0.2) is 4.79 Å². The molecule has 0 aliphatic heterocycles. The molecule has 3 rings (SSSR count). The van der Waals surface area contributed by atoms with E-state index in [1.165, 1.54) is 11.3 Å². The van der Waals surface area contributed by atoms with Crippen LogP contribution in [0.4, 0.5) is 9.93 Å². The summed E-state index contributed by atoms with van der Waals surface area (Å²) in [5.41, 5.74) is 0.943. The van der Waals surface area contributed by atoms with Crippen molar-refractivity contribution in [1.82, 2.24) is 20.5 Å². The summed E-state index contributed by atoms with van der Waals surface area (Å²) in [5, 5.41) is 16.8. The second-order valence-corrected chi connectivity index (χ2v) is 6.27. The Hall–Kier alpha value is -2.32. The fraction of sp³-hybridized carbons (Fsp3) is 0.143. The molecular weight excluding hydrogens is 318 g/mol. The predicted octanol–water partition coefficient (Wildman–Crippen LogP) is 3.03. The first kappa shape index (κ1) is 14.6. The average Bonchev–Trinajstić information content (AvgIpc) is 3.19. The SMILES string of the molecule is O=C(NCCc1ccccn1)Nc1nnc(-c2cccs2)s1. The molecule has 0 aliphatic carbocycles. The largest absolute Gasteiger partial charge is 0.337 e. The zero-order valence-electron chi connectivity index (χ0n) is 11.5. The van der Waals surface area contributed by atoms with Gasteiger partial charge in [-0.3, -0.25) is 10.3 Å². The molecule has 0 fully saturated rings. The molecule has 0 saturated carbocycles. The minimum Gasteiger partial charge on any atom is -0.337 e. The quantitative estimate of drug-likeness (QED) is 0.753. The molecule has 22 heavy (non-hydrogen) atoms. The lowest BCUT2D eigenvalue weighted by atomic mass is 10.3. The third-order valence-corrected chi connectivity index (χ3v) is 4.65. The predicted molar refractivity (Wildman–Crippen MR) is 88.2 cm³/mol. The van der Waals surface area contributed by atoms with Crippen LogP contribution < -0.4 is 10.6 Å². The van der Waals surface area contributed by atoms with Gasteiger partial charge in [-0.15, -0.1) is 21.5 Å². The first-order valence-electron chi connectivity index (χ1n) is 6.63. The highest BCUT2D eigenvalue weighted by atomic mass is 32.1. The van der Waals surface area contributed by atoms with Crippen molar-refractivity contribution in [2.75, 3.05) is 11.9 Å². The van der Waals surface area contributed by atoms with Crippen molar-refractivity contribution in [2.24, 2.45) is 0 Å². The van der Waals surface area contributed by atoms with E-state index in [4.69, 9.17) is 0 Å². The van der Waals surface area contributed by atoms with Crippen LogP contribution in [0.5, 0.6) is 0 Å². The lowest BCUT2D eigenvalue weighted by molar-refractivity contribution is 0.252. The smallest absolute Gasteiger partial charge is 0.321 e. The maximum absolute atomic E-state index is 11.8. The number of carbonyl (C=O) groups is 1. The van der Waals surface area contributed by atoms with Crippen molar-refractivity contribution in [3.63, 3.8) is 0 Å². The number of aromatic nitrogens is 3. The molecule has 0 spiro atoms. The number of urea groups is 1. The van der Waals surface area contributed by atoms with E-state index in [0.717, 1.165) is 15.6 Å². The molecule has 3 heterocycles. The summed E-state index contributed by atoms with van der Waals surface area (Å²) < 4.78 is 0. The zero-order valence-corrected chi connectivity index (χ0v) is 13.2. The molecule has 0 atom stereocenters. The van der Waals surface area contributed by atoms with E-state index in [9.17, 15) is 4.79 Å². The number of hydrogen-bond donors (Lipinski definition) is 2. The average molecular weight is 331 g/mol. The molecule has 8 heteroatoms. The molecule has 0 saturated heterocycles. The van der Waals surface area contributed by atoms with Crippen LogP contribution in [0.2, 0.25) is 0 Å². The lowest BCUT2D eigenvalue weighted by Crippen LogP contribution is -2.30. The highest BCUT2D eigenvalue weighted by Crippen LogP contribution is 2.29. The summed E-state index contributed by atoms with van der Waals surface area (Å²) in [5.74, 6) is 0. The van der Waals surface area contributed by atoms with E-state index in [2.05, 4.69) is 25.8 Å². The normalized spacial score (nSPS) is 10.4. The summed E-state index contributed by atoms with van der Waals surface area (Å²) in [6, 6.07) is 9.36. The molecule has 0 unspecified atom stereocenters. The van der Waals surface area contributed by atoms with Crippen LogP contribution >= 0.6 is 22.7 Å². The van der Waals surface area contributed by atoms with Gasteiger partial charge in [-0.2, -0.15) is 0 Å². The maximum Gasteiger partial charge on any atom is 0.321 e. The van der Waals surface area contributed by atoms with Gasteiger partial charge in [0.05, 0.1) is 4.88 Å². The van der Waals surface area contributed by atoms with Gasteiger partial charge >= 0.3 is 6.03 Å². The summed E-state index contributed by atoms with van der Waals surface area (Å²) in [6.07, 6.45) is 2.42. The Morgan fingerprint density at radius 2 is 2.14 bits per heavy atom. The van der Waals surface area contributed by atoms with E-state index in [0.29, 0.717) is 18.1 Å². The third-order valence-electron chi connectivity index (χ3n) is 2.77. The number of carbonyl (C=O) groups excluding carboxylic acids is 1. The van der Waals surface area contributed by atoms with Gasteiger partial charge in [0, 0.05) is 24.9 Å². The number of anilines is 1. The number of pyridine rings is 1. The molecular formula is C14H13N5OS2. The van der Waals surface area contributed by atoms with Crippen LogP contribution in [-0.4, -0.2) is 27.8 Å². The van der Waals surface area contributed by atoms with Crippen LogP contribution in [0.1, 0.15) is 5.69 Å². The van der Waals surface area contributed by atoms with Crippen molar-refractivity contribution in [3.8, 4) is 9.88 Å². The van der Waals surface area contributed by atoms with Gasteiger partial charge in [-0.05, 0) is 23.6 Å². The van der Waals surface area contributed by atoms with Crippen LogP contribution in [0, 0.1) is 0 Å². The van der Waals surface area contributed by atoms with Crippen molar-refractivity contribution in [3.05, 3.63) is 47.6 Å². The molecule has 6 nitrogen and oxygen atoms in total. The summed E-state index contributed by atoms with van der Waals surface area (Å²) in [4.78, 5) is 17.0. The number of hydrogen-bond acceptors (Lipinski definition) is 6. The Bertz CT molecular complexity index is 727. The van der Waals surface area contributed by atoms with Gasteiger partial charge in [0.25, 0.3) is 0 Å². The molecule has 2 N–H and O–H groups in total. The number of nitrogens with one attached hydrogen (secondary N) is 2. The molecule has 0 radical (unpaired) electrons. The van der Waals surface area contributed by atoms with Gasteiger partial charge in [-0.1, -0.05) is 23.5 Å². The first-order chi connectivity index (χ1) is 10.8. The Kier molecular flexibility index (Phi) is 4.71. The second-order valence-electron chi connectivity index (χ2n) is 4.34. The van der Waals surface area contributed by atoms with E-state index < -0.39 is 0 Å². The molecule has 0 aromatic carbocycles. The lowest BCUT2D eigenvalue weighted by Gasteiger charge is -2.04. The summed E-state index contributed by atoms with van der Waals surface area (Å²) in [7, 11) is 0. The number of amides is 2. The summed E-state index contributed by atoms with van der Waals surface area (Å²) >= 11 is 2.95. The molecule has 0 bridgehead atoms. The van der Waals surface area contributed by atoms with E-state index in [1.54, 1.807) is 17.5 Å². The monoisotopic (exact) mass is 331 g/mol. The van der Waals surface area contributed by atoms with Gasteiger partial charge in [0.1, 0.15) is 0 Å². The van der Waals surface area contributed by atoms with Crippen molar-refractivity contribution < 1.29 is 4.79 Å². The van der Waals surface area contributed by atoms with E-state index in [-0.39, 0.29) is 6.03 Å². The number of thiophene rings is 1. The highest BCUT2D eigenvalue weighted by molar-refractivity contribution is 7.23. The van der Waals surface area contributed by atoms with Gasteiger partial charge in [0.15, 0.2) is 5.01 Å². The zero-order chi connectivity index (χ0) is 15.2. The topological polar surface area (TPSA) is 79.8 Å². The first-order valence-corrected chi connectivity index (χ1v) is 8.33. The van der Waals surface area contributed by atoms with E-state index in [1.807, 2.05) is 35.7 Å². The number of nitrogens with zero attached hydrogens (tertiary/aromatic N) is 3. The molecule has 3 aromatic heterocycles. The van der Waals surface area contributed by atoms with Crippen LogP contribution in [0.3, 0.4) is 0 Å². The van der Waals surface area contributed by atoms with Crippen LogP contribution in [0.25, 0.3) is 9.88 Å². The minimum absolute atomic E-state index is 0.287. The third kappa shape index (κ3) is 3.86. The molecule has 112 valence electrons. The fourth-order valence-corrected chi connectivity index (χ4v) is 3.30. The number of rotatable bonds is 5. The second kappa shape index (κ2) is 7.10.